The molecular weight excluding hydrogens is 315 g/mol. The minimum atomic E-state index is -0.350. The fourth-order valence-electron chi connectivity index (χ4n) is 2.30. The van der Waals surface area contributed by atoms with Crippen molar-refractivity contribution in [2.24, 2.45) is 0 Å². The van der Waals surface area contributed by atoms with E-state index in [0.29, 0.717) is 6.42 Å². The Morgan fingerprint density at radius 3 is 2.78 bits per heavy atom. The molecule has 1 aliphatic carbocycles. The third kappa shape index (κ3) is 4.25. The number of thioether (sulfide) groups is 1. The van der Waals surface area contributed by atoms with Crippen LogP contribution in [0, 0.1) is 5.82 Å². The van der Waals surface area contributed by atoms with Crippen LogP contribution in [0.5, 0.6) is 0 Å². The molecule has 1 fully saturated rings. The molecule has 0 heterocycles. The molecule has 0 radical (unpaired) electrons. The van der Waals surface area contributed by atoms with Crippen molar-refractivity contribution in [3.63, 3.8) is 0 Å². The first-order chi connectivity index (χ1) is 8.65. The topological polar surface area (TPSA) is 20.2 Å². The molecule has 100 valence electrons. The Morgan fingerprint density at radius 1 is 1.39 bits per heavy atom. The van der Waals surface area contributed by atoms with Gasteiger partial charge in [-0.3, -0.25) is 0 Å². The van der Waals surface area contributed by atoms with Crippen LogP contribution in [-0.4, -0.2) is 22.2 Å². The number of rotatable bonds is 5. The van der Waals surface area contributed by atoms with Crippen LogP contribution in [0.4, 0.5) is 4.39 Å². The number of aliphatic hydroxyl groups is 1. The van der Waals surface area contributed by atoms with Crippen molar-refractivity contribution in [2.75, 3.05) is 5.75 Å². The maximum atomic E-state index is 12.9. The zero-order valence-corrected chi connectivity index (χ0v) is 12.6. The Morgan fingerprint density at radius 2 is 2.11 bits per heavy atom. The van der Waals surface area contributed by atoms with Crippen LogP contribution in [0.2, 0.25) is 0 Å². The highest BCUT2D eigenvalue weighted by Gasteiger charge is 2.17. The smallest absolute Gasteiger partial charge is 0.124 e. The molecule has 2 rings (SSSR count). The van der Waals surface area contributed by atoms with Gasteiger partial charge in [-0.1, -0.05) is 34.8 Å². The molecule has 0 aromatic heterocycles. The largest absolute Gasteiger partial charge is 0.392 e. The van der Waals surface area contributed by atoms with Gasteiger partial charge in [0.15, 0.2) is 0 Å². The van der Waals surface area contributed by atoms with Crippen LogP contribution in [-0.2, 0) is 6.42 Å². The first kappa shape index (κ1) is 14.4. The van der Waals surface area contributed by atoms with Crippen LogP contribution in [0.15, 0.2) is 22.7 Å². The molecule has 1 nitrogen and oxygen atoms in total. The Kier molecular flexibility index (Phi) is 5.52. The number of aliphatic hydroxyl groups excluding tert-OH is 1. The molecule has 1 aliphatic rings. The van der Waals surface area contributed by atoms with Crippen LogP contribution in [0.3, 0.4) is 0 Å². The Bertz CT molecular complexity index is 393. The lowest BCUT2D eigenvalue weighted by molar-refractivity contribution is 0.200. The van der Waals surface area contributed by atoms with Gasteiger partial charge < -0.3 is 5.11 Å². The molecule has 0 amide bonds. The van der Waals surface area contributed by atoms with Crippen molar-refractivity contribution in [3.8, 4) is 0 Å². The maximum absolute atomic E-state index is 12.9. The average Bonchev–Trinajstić information content (AvgIpc) is 2.83. The molecule has 0 saturated heterocycles. The molecule has 0 spiro atoms. The summed E-state index contributed by atoms with van der Waals surface area (Å²) in [4.78, 5) is 0. The van der Waals surface area contributed by atoms with E-state index in [1.165, 1.54) is 37.8 Å². The fourth-order valence-corrected chi connectivity index (χ4v) is 4.09. The molecular formula is C14H18BrFOS. The average molecular weight is 333 g/mol. The third-order valence-corrected chi connectivity index (χ3v) is 5.56. The normalized spacial score (nSPS) is 18.2. The van der Waals surface area contributed by atoms with E-state index in [0.717, 1.165) is 21.0 Å². The highest BCUT2D eigenvalue weighted by molar-refractivity contribution is 9.10. The predicted octanol–water partition coefficient (Wildman–Crippen LogP) is 4.17. The Balaban J connectivity index is 1.80. The van der Waals surface area contributed by atoms with Gasteiger partial charge in [0, 0.05) is 21.9 Å². The van der Waals surface area contributed by atoms with Gasteiger partial charge in [-0.15, -0.1) is 0 Å². The van der Waals surface area contributed by atoms with Gasteiger partial charge in [0.1, 0.15) is 5.82 Å². The molecule has 4 heteroatoms. The third-order valence-electron chi connectivity index (χ3n) is 3.30. The second kappa shape index (κ2) is 6.92. The summed E-state index contributed by atoms with van der Waals surface area (Å²) in [5.74, 6) is 0.523. The lowest BCUT2D eigenvalue weighted by Gasteiger charge is -2.14. The summed E-state index contributed by atoms with van der Waals surface area (Å²) in [6, 6.07) is 4.63. The maximum Gasteiger partial charge on any atom is 0.124 e. The lowest BCUT2D eigenvalue weighted by Crippen LogP contribution is -2.15. The number of benzene rings is 1. The van der Waals surface area contributed by atoms with E-state index in [1.54, 1.807) is 6.07 Å². The molecule has 1 unspecified atom stereocenters. The number of halogens is 2. The zero-order valence-electron chi connectivity index (χ0n) is 10.2. The van der Waals surface area contributed by atoms with Crippen molar-refractivity contribution in [3.05, 3.63) is 34.1 Å². The Labute approximate surface area is 120 Å². The van der Waals surface area contributed by atoms with Gasteiger partial charge in [-0.05, 0) is 30.5 Å². The molecule has 1 saturated carbocycles. The van der Waals surface area contributed by atoms with Crippen molar-refractivity contribution < 1.29 is 9.50 Å². The quantitative estimate of drug-likeness (QED) is 0.873. The summed E-state index contributed by atoms with van der Waals surface area (Å²) >= 11 is 5.22. The zero-order chi connectivity index (χ0) is 13.0. The van der Waals surface area contributed by atoms with Gasteiger partial charge in [-0.2, -0.15) is 11.8 Å². The summed E-state index contributed by atoms with van der Waals surface area (Å²) in [6.45, 7) is 0. The van der Waals surface area contributed by atoms with Crippen LogP contribution < -0.4 is 0 Å². The van der Waals surface area contributed by atoms with Crippen molar-refractivity contribution in [1.82, 2.24) is 0 Å². The number of hydrogen-bond acceptors (Lipinski definition) is 2. The molecule has 1 N–H and O–H groups in total. The molecule has 1 aromatic carbocycles. The van der Waals surface area contributed by atoms with Crippen molar-refractivity contribution >= 4 is 27.7 Å². The first-order valence-corrected chi connectivity index (χ1v) is 8.23. The SMILES string of the molecule is OC(CSC1CCCC1)Cc1ccc(F)cc1Br. The molecule has 0 bridgehead atoms. The van der Waals surface area contributed by atoms with E-state index in [2.05, 4.69) is 15.9 Å². The molecule has 1 atom stereocenters. The molecule has 18 heavy (non-hydrogen) atoms. The number of hydrogen-bond donors (Lipinski definition) is 1. The van der Waals surface area contributed by atoms with Crippen molar-refractivity contribution in [2.45, 2.75) is 43.5 Å². The minimum Gasteiger partial charge on any atom is -0.392 e. The second-order valence-corrected chi connectivity index (χ2v) is 7.02. The summed E-state index contributed by atoms with van der Waals surface area (Å²) in [5.41, 5.74) is 0.968. The summed E-state index contributed by atoms with van der Waals surface area (Å²) < 4.78 is 13.7. The van der Waals surface area contributed by atoms with Crippen LogP contribution in [0.25, 0.3) is 0 Å². The first-order valence-electron chi connectivity index (χ1n) is 6.39. The lowest BCUT2D eigenvalue weighted by atomic mass is 10.1. The molecule has 1 aromatic rings. The summed E-state index contributed by atoms with van der Waals surface area (Å²) in [6.07, 6.45) is 5.47. The van der Waals surface area contributed by atoms with Gasteiger partial charge in [-0.25, -0.2) is 4.39 Å². The molecule has 0 aliphatic heterocycles. The van der Waals surface area contributed by atoms with Crippen LogP contribution >= 0.6 is 27.7 Å². The van der Waals surface area contributed by atoms with Crippen LogP contribution in [0.1, 0.15) is 31.2 Å². The van der Waals surface area contributed by atoms with Gasteiger partial charge in [0.25, 0.3) is 0 Å². The summed E-state index contributed by atoms with van der Waals surface area (Å²) in [5, 5.41) is 10.8. The predicted molar refractivity (Wildman–Crippen MR) is 78.5 cm³/mol. The van der Waals surface area contributed by atoms with Gasteiger partial charge in [0.2, 0.25) is 0 Å². The van der Waals surface area contributed by atoms with E-state index < -0.39 is 0 Å². The Hall–Kier alpha value is -0.0600. The monoisotopic (exact) mass is 332 g/mol. The van der Waals surface area contributed by atoms with E-state index in [-0.39, 0.29) is 11.9 Å². The van der Waals surface area contributed by atoms with Gasteiger partial charge in [0.05, 0.1) is 6.10 Å². The van der Waals surface area contributed by atoms with E-state index in [1.807, 2.05) is 11.8 Å². The van der Waals surface area contributed by atoms with Crippen molar-refractivity contribution in [1.29, 1.82) is 0 Å². The highest BCUT2D eigenvalue weighted by Crippen LogP contribution is 2.30. The highest BCUT2D eigenvalue weighted by atomic mass is 79.9. The fraction of sp³-hybridized carbons (Fsp3) is 0.571. The van der Waals surface area contributed by atoms with Gasteiger partial charge >= 0.3 is 0 Å². The summed E-state index contributed by atoms with van der Waals surface area (Å²) in [7, 11) is 0. The van der Waals surface area contributed by atoms with E-state index in [9.17, 15) is 9.50 Å². The minimum absolute atomic E-state index is 0.250. The standard InChI is InChI=1S/C14H18BrFOS/c15-14-8-11(16)6-5-10(14)7-12(17)9-18-13-3-1-2-4-13/h5-6,8,12-13,17H,1-4,7,9H2. The van der Waals surface area contributed by atoms with E-state index in [4.69, 9.17) is 0 Å². The second-order valence-electron chi connectivity index (χ2n) is 4.83. The van der Waals surface area contributed by atoms with E-state index >= 15 is 0 Å².